The van der Waals surface area contributed by atoms with Gasteiger partial charge in [0.15, 0.2) is 0 Å². The molecule has 0 saturated carbocycles. The predicted octanol–water partition coefficient (Wildman–Crippen LogP) is 3.79. The van der Waals surface area contributed by atoms with Gasteiger partial charge < -0.3 is 10.6 Å². The van der Waals surface area contributed by atoms with Crippen molar-refractivity contribution in [3.8, 4) is 11.1 Å². The van der Waals surface area contributed by atoms with E-state index in [1.165, 1.54) is 22.3 Å². The monoisotopic (exact) mass is 266 g/mol. The number of carbonyl (C=O) groups excluding carboxylic acids is 1. The molecule has 2 amide bonds. The number of fused-ring (bicyclic) bond motifs is 3. The first kappa shape index (κ1) is 12.7. The number of urea groups is 1. The fourth-order valence-electron chi connectivity index (χ4n) is 2.62. The molecule has 2 aromatic carbocycles. The molecule has 0 aliphatic heterocycles. The summed E-state index contributed by atoms with van der Waals surface area (Å²) in [5.74, 6) is 0. The second kappa shape index (κ2) is 5.37. The predicted molar refractivity (Wildman–Crippen MR) is 82.0 cm³/mol. The van der Waals surface area contributed by atoms with E-state index in [-0.39, 0.29) is 6.03 Å². The Kier molecular flexibility index (Phi) is 3.42. The lowest BCUT2D eigenvalue weighted by Gasteiger charge is -2.08. The molecule has 20 heavy (non-hydrogen) atoms. The zero-order chi connectivity index (χ0) is 13.9. The second-order valence-corrected chi connectivity index (χ2v) is 5.09. The maximum absolute atomic E-state index is 11.7. The average Bonchev–Trinajstić information content (AvgIpc) is 2.83. The Bertz CT molecular complexity index is 649. The number of benzene rings is 2. The van der Waals surface area contributed by atoms with Crippen LogP contribution in [0.4, 0.5) is 10.5 Å². The molecular formula is C17H18N2O. The van der Waals surface area contributed by atoms with Gasteiger partial charge in [0.1, 0.15) is 0 Å². The van der Waals surface area contributed by atoms with Gasteiger partial charge >= 0.3 is 6.03 Å². The van der Waals surface area contributed by atoms with Crippen LogP contribution in [0.2, 0.25) is 0 Å². The molecule has 1 aliphatic carbocycles. The number of hydrogen-bond acceptors (Lipinski definition) is 1. The van der Waals surface area contributed by atoms with Gasteiger partial charge in [0.25, 0.3) is 0 Å². The SMILES string of the molecule is CCCNC(=O)Nc1ccc2c(c1)-c1ccccc1C2. The quantitative estimate of drug-likeness (QED) is 0.744. The Labute approximate surface area is 119 Å². The van der Waals surface area contributed by atoms with Crippen molar-refractivity contribution in [1.29, 1.82) is 0 Å². The van der Waals surface area contributed by atoms with Gasteiger partial charge in [-0.2, -0.15) is 0 Å². The van der Waals surface area contributed by atoms with Crippen molar-refractivity contribution in [2.45, 2.75) is 19.8 Å². The van der Waals surface area contributed by atoms with Crippen LogP contribution in [0.1, 0.15) is 24.5 Å². The van der Waals surface area contributed by atoms with Gasteiger partial charge in [-0.1, -0.05) is 37.3 Å². The number of hydrogen-bond donors (Lipinski definition) is 2. The first-order valence-electron chi connectivity index (χ1n) is 7.04. The number of nitrogens with one attached hydrogen (secondary N) is 2. The van der Waals surface area contributed by atoms with Crippen molar-refractivity contribution in [3.05, 3.63) is 53.6 Å². The average molecular weight is 266 g/mol. The Morgan fingerprint density at radius 2 is 1.90 bits per heavy atom. The fourth-order valence-corrected chi connectivity index (χ4v) is 2.62. The highest BCUT2D eigenvalue weighted by atomic mass is 16.2. The highest BCUT2D eigenvalue weighted by Gasteiger charge is 2.18. The van der Waals surface area contributed by atoms with E-state index in [1.54, 1.807) is 0 Å². The van der Waals surface area contributed by atoms with Crippen LogP contribution in [-0.2, 0) is 6.42 Å². The minimum atomic E-state index is -0.141. The zero-order valence-electron chi connectivity index (χ0n) is 11.6. The third-order valence-corrected chi connectivity index (χ3v) is 3.59. The smallest absolute Gasteiger partial charge is 0.319 e. The second-order valence-electron chi connectivity index (χ2n) is 5.09. The molecule has 1 aliphatic rings. The van der Waals surface area contributed by atoms with Crippen LogP contribution in [0, 0.1) is 0 Å². The molecule has 3 heteroatoms. The maximum atomic E-state index is 11.7. The van der Waals surface area contributed by atoms with E-state index in [2.05, 4.69) is 47.0 Å². The number of carbonyl (C=O) groups is 1. The van der Waals surface area contributed by atoms with Gasteiger partial charge in [-0.15, -0.1) is 0 Å². The van der Waals surface area contributed by atoms with E-state index in [1.807, 2.05) is 13.0 Å². The van der Waals surface area contributed by atoms with E-state index in [0.717, 1.165) is 18.5 Å². The van der Waals surface area contributed by atoms with Crippen molar-refractivity contribution in [1.82, 2.24) is 5.32 Å². The molecule has 0 spiro atoms. The van der Waals surface area contributed by atoms with Gasteiger partial charge in [-0.05, 0) is 47.2 Å². The molecular weight excluding hydrogens is 248 g/mol. The summed E-state index contributed by atoms with van der Waals surface area (Å²) in [6.45, 7) is 2.73. The van der Waals surface area contributed by atoms with Crippen molar-refractivity contribution in [2.75, 3.05) is 11.9 Å². The largest absolute Gasteiger partial charge is 0.338 e. The van der Waals surface area contributed by atoms with Crippen molar-refractivity contribution >= 4 is 11.7 Å². The number of amides is 2. The molecule has 0 saturated heterocycles. The molecule has 0 fully saturated rings. The van der Waals surface area contributed by atoms with E-state index >= 15 is 0 Å². The first-order valence-corrected chi connectivity index (χ1v) is 7.04. The summed E-state index contributed by atoms with van der Waals surface area (Å²) in [6.07, 6.45) is 1.92. The molecule has 0 atom stereocenters. The molecule has 2 aromatic rings. The third kappa shape index (κ3) is 2.39. The van der Waals surface area contributed by atoms with Crippen LogP contribution in [0.25, 0.3) is 11.1 Å². The lowest BCUT2D eigenvalue weighted by molar-refractivity contribution is 0.252. The van der Waals surface area contributed by atoms with Crippen LogP contribution < -0.4 is 10.6 Å². The molecule has 0 unspecified atom stereocenters. The van der Waals surface area contributed by atoms with Crippen LogP contribution in [0.3, 0.4) is 0 Å². The third-order valence-electron chi connectivity index (χ3n) is 3.59. The van der Waals surface area contributed by atoms with Gasteiger partial charge in [-0.3, -0.25) is 0 Å². The zero-order valence-corrected chi connectivity index (χ0v) is 11.6. The van der Waals surface area contributed by atoms with E-state index in [4.69, 9.17) is 0 Å². The van der Waals surface area contributed by atoms with Crippen LogP contribution in [-0.4, -0.2) is 12.6 Å². The van der Waals surface area contributed by atoms with E-state index < -0.39 is 0 Å². The normalized spacial score (nSPS) is 11.7. The van der Waals surface area contributed by atoms with Crippen LogP contribution >= 0.6 is 0 Å². The Morgan fingerprint density at radius 3 is 2.75 bits per heavy atom. The van der Waals surface area contributed by atoms with Crippen LogP contribution in [0.5, 0.6) is 0 Å². The lowest BCUT2D eigenvalue weighted by atomic mass is 10.1. The molecule has 102 valence electrons. The Balaban J connectivity index is 1.83. The molecule has 0 heterocycles. The van der Waals surface area contributed by atoms with E-state index in [0.29, 0.717) is 6.54 Å². The minimum Gasteiger partial charge on any atom is -0.338 e. The van der Waals surface area contributed by atoms with Gasteiger partial charge in [0.2, 0.25) is 0 Å². The van der Waals surface area contributed by atoms with Crippen molar-refractivity contribution in [3.63, 3.8) is 0 Å². The maximum Gasteiger partial charge on any atom is 0.319 e. The molecule has 0 aromatic heterocycles. The summed E-state index contributed by atoms with van der Waals surface area (Å²) >= 11 is 0. The summed E-state index contributed by atoms with van der Waals surface area (Å²) in [5.41, 5.74) is 6.03. The van der Waals surface area contributed by atoms with Crippen molar-refractivity contribution < 1.29 is 4.79 Å². The first-order chi connectivity index (χ1) is 9.78. The molecule has 3 nitrogen and oxygen atoms in total. The van der Waals surface area contributed by atoms with Crippen molar-refractivity contribution in [2.24, 2.45) is 0 Å². The molecule has 2 N–H and O–H groups in total. The summed E-state index contributed by atoms with van der Waals surface area (Å²) in [4.78, 5) is 11.7. The van der Waals surface area contributed by atoms with Gasteiger partial charge in [-0.25, -0.2) is 4.79 Å². The summed E-state index contributed by atoms with van der Waals surface area (Å²) < 4.78 is 0. The van der Waals surface area contributed by atoms with E-state index in [9.17, 15) is 4.79 Å². The van der Waals surface area contributed by atoms with Gasteiger partial charge in [0.05, 0.1) is 0 Å². The molecule has 0 radical (unpaired) electrons. The number of rotatable bonds is 3. The highest BCUT2D eigenvalue weighted by Crippen LogP contribution is 2.37. The standard InChI is InChI=1S/C17H18N2O/c1-2-9-18-17(20)19-14-8-7-13-10-12-5-3-4-6-15(12)16(13)11-14/h3-8,11H,2,9-10H2,1H3,(H2,18,19,20). The molecule has 3 rings (SSSR count). The van der Waals surface area contributed by atoms with Gasteiger partial charge in [0, 0.05) is 12.2 Å². The highest BCUT2D eigenvalue weighted by molar-refractivity contribution is 5.91. The Morgan fingerprint density at radius 1 is 1.10 bits per heavy atom. The fraction of sp³-hybridized carbons (Fsp3) is 0.235. The van der Waals surface area contributed by atoms with Crippen LogP contribution in [0.15, 0.2) is 42.5 Å². The summed E-state index contributed by atoms with van der Waals surface area (Å²) in [6, 6.07) is 14.4. The summed E-state index contributed by atoms with van der Waals surface area (Å²) in [5, 5.41) is 5.70. The summed E-state index contributed by atoms with van der Waals surface area (Å²) in [7, 11) is 0. The Hall–Kier alpha value is -2.29. The molecule has 0 bridgehead atoms. The number of anilines is 1. The minimum absolute atomic E-state index is 0.141. The lowest BCUT2D eigenvalue weighted by Crippen LogP contribution is -2.29. The topological polar surface area (TPSA) is 41.1 Å².